The van der Waals surface area contributed by atoms with Crippen molar-refractivity contribution in [2.75, 3.05) is 32.7 Å². The highest BCUT2D eigenvalue weighted by Crippen LogP contribution is 2.23. The zero-order valence-electron chi connectivity index (χ0n) is 15.0. The van der Waals surface area contributed by atoms with Gasteiger partial charge in [-0.2, -0.15) is 0 Å². The number of rotatable bonds is 8. The molecule has 27 heavy (non-hydrogen) atoms. The van der Waals surface area contributed by atoms with E-state index in [1.165, 1.54) is 0 Å². The molecule has 7 nitrogen and oxygen atoms in total. The van der Waals surface area contributed by atoms with Crippen LogP contribution in [0.3, 0.4) is 0 Å². The average molecular weight is 405 g/mol. The maximum absolute atomic E-state index is 5.77. The summed E-state index contributed by atoms with van der Waals surface area (Å²) in [7, 11) is 3.29. The molecule has 0 saturated heterocycles. The van der Waals surface area contributed by atoms with Gasteiger partial charge < -0.3 is 24.1 Å². The zero-order chi connectivity index (χ0) is 19.1. The van der Waals surface area contributed by atoms with E-state index in [4.69, 9.17) is 26.1 Å². The fourth-order valence-electron chi connectivity index (χ4n) is 2.31. The molecule has 2 heterocycles. The van der Waals surface area contributed by atoms with Crippen molar-refractivity contribution in [3.05, 3.63) is 47.7 Å². The Morgan fingerprint density at radius 2 is 2.04 bits per heavy atom. The van der Waals surface area contributed by atoms with Gasteiger partial charge >= 0.3 is 0 Å². The predicted molar refractivity (Wildman–Crippen MR) is 109 cm³/mol. The van der Waals surface area contributed by atoms with Crippen LogP contribution in [0.4, 0.5) is 5.69 Å². The minimum atomic E-state index is 0.393. The summed E-state index contributed by atoms with van der Waals surface area (Å²) in [5.41, 5.74) is 0.869. The Bertz CT molecular complexity index is 850. The number of anilines is 1. The van der Waals surface area contributed by atoms with Crippen molar-refractivity contribution in [3.8, 4) is 16.5 Å². The number of thiophene rings is 1. The van der Waals surface area contributed by atoms with Gasteiger partial charge in [-0.25, -0.2) is 0 Å². The minimum absolute atomic E-state index is 0.393. The van der Waals surface area contributed by atoms with E-state index in [0.717, 1.165) is 16.3 Å². The number of thiocarbonyl (C=S) groups is 1. The van der Waals surface area contributed by atoms with Crippen molar-refractivity contribution in [2.24, 2.45) is 0 Å². The topological polar surface area (TPSA) is 72.7 Å². The summed E-state index contributed by atoms with van der Waals surface area (Å²) in [4.78, 5) is 2.87. The summed E-state index contributed by atoms with van der Waals surface area (Å²) < 4.78 is 16.1. The van der Waals surface area contributed by atoms with Crippen LogP contribution in [0.1, 0.15) is 5.89 Å². The normalized spacial score (nSPS) is 10.6. The van der Waals surface area contributed by atoms with Crippen LogP contribution < -0.4 is 10.1 Å². The molecule has 0 aliphatic rings. The highest BCUT2D eigenvalue weighted by molar-refractivity contribution is 7.80. The molecular weight excluding hydrogens is 384 g/mol. The fourth-order valence-corrected chi connectivity index (χ4v) is 3.23. The third-order valence-electron chi connectivity index (χ3n) is 3.72. The van der Waals surface area contributed by atoms with Gasteiger partial charge in [0.1, 0.15) is 5.75 Å². The third kappa shape index (κ3) is 5.25. The van der Waals surface area contributed by atoms with Crippen LogP contribution in [0.15, 0.2) is 46.2 Å². The second-order valence-corrected chi connectivity index (χ2v) is 6.89. The fraction of sp³-hybridized carbons (Fsp3) is 0.278. The maximum atomic E-state index is 5.77. The molecule has 0 saturated carbocycles. The molecule has 0 radical (unpaired) electrons. The summed E-state index contributed by atoms with van der Waals surface area (Å²) in [5.74, 6) is 1.80. The second kappa shape index (κ2) is 9.45. The second-order valence-electron chi connectivity index (χ2n) is 5.55. The highest BCUT2D eigenvalue weighted by atomic mass is 32.1. The van der Waals surface area contributed by atoms with Crippen molar-refractivity contribution in [2.45, 2.75) is 6.54 Å². The van der Waals surface area contributed by atoms with Crippen molar-refractivity contribution < 1.29 is 13.9 Å². The molecule has 142 valence electrons. The Morgan fingerprint density at radius 1 is 1.22 bits per heavy atom. The van der Waals surface area contributed by atoms with Crippen molar-refractivity contribution in [1.29, 1.82) is 0 Å². The molecular formula is C18H20N4O3S2. The first-order chi connectivity index (χ1) is 13.2. The van der Waals surface area contributed by atoms with E-state index in [0.29, 0.717) is 36.6 Å². The lowest BCUT2D eigenvalue weighted by Gasteiger charge is -2.24. The molecule has 0 aliphatic carbocycles. The lowest BCUT2D eigenvalue weighted by atomic mass is 10.3. The van der Waals surface area contributed by atoms with Crippen molar-refractivity contribution in [1.82, 2.24) is 15.1 Å². The van der Waals surface area contributed by atoms with Crippen LogP contribution in [0.5, 0.6) is 5.75 Å². The standard InChI is InChI=1S/C18H20N4O3S2/c1-23-10-9-22(18(26)19-13-5-7-14(24-2)8-6-13)12-16-20-21-17(25-16)15-4-3-11-27-15/h3-8,11H,9-10,12H2,1-2H3,(H,19,26). The Kier molecular flexibility index (Phi) is 6.74. The van der Waals surface area contributed by atoms with Crippen LogP contribution in [0.25, 0.3) is 10.8 Å². The maximum Gasteiger partial charge on any atom is 0.257 e. The molecule has 0 spiro atoms. The number of hydrogen-bond acceptors (Lipinski definition) is 7. The summed E-state index contributed by atoms with van der Waals surface area (Å²) >= 11 is 7.11. The van der Waals surface area contributed by atoms with Crippen LogP contribution in [0.2, 0.25) is 0 Å². The molecule has 1 N–H and O–H groups in total. The summed E-state index contributed by atoms with van der Waals surface area (Å²) in [5, 5.41) is 14.0. The molecule has 0 bridgehead atoms. The van der Waals surface area contributed by atoms with E-state index in [1.807, 2.05) is 46.7 Å². The Morgan fingerprint density at radius 3 is 2.70 bits per heavy atom. The number of nitrogens with zero attached hydrogens (tertiary/aromatic N) is 3. The first-order valence-electron chi connectivity index (χ1n) is 8.25. The van der Waals surface area contributed by atoms with E-state index in [9.17, 15) is 0 Å². The van der Waals surface area contributed by atoms with Gasteiger partial charge in [0.2, 0.25) is 5.89 Å². The van der Waals surface area contributed by atoms with Gasteiger partial charge in [-0.1, -0.05) is 6.07 Å². The minimum Gasteiger partial charge on any atom is -0.497 e. The molecule has 9 heteroatoms. The van der Waals surface area contributed by atoms with Crippen LogP contribution in [-0.4, -0.2) is 47.6 Å². The number of ether oxygens (including phenoxy) is 2. The van der Waals surface area contributed by atoms with Crippen LogP contribution >= 0.6 is 23.6 Å². The van der Waals surface area contributed by atoms with Gasteiger partial charge in [-0.05, 0) is 47.9 Å². The predicted octanol–water partition coefficient (Wildman–Crippen LogP) is 3.65. The average Bonchev–Trinajstić information content (AvgIpc) is 3.37. The first kappa shape index (κ1) is 19.3. The van der Waals surface area contributed by atoms with E-state index in [1.54, 1.807) is 25.6 Å². The van der Waals surface area contributed by atoms with E-state index in [2.05, 4.69) is 15.5 Å². The SMILES string of the molecule is COCCN(Cc1nnc(-c2cccs2)o1)C(=S)Nc1ccc(OC)cc1. The molecule has 3 aromatic rings. The van der Waals surface area contributed by atoms with Gasteiger partial charge in [0, 0.05) is 19.3 Å². The quantitative estimate of drug-likeness (QED) is 0.571. The lowest BCUT2D eigenvalue weighted by molar-refractivity contribution is 0.172. The Hall–Kier alpha value is -2.49. The smallest absolute Gasteiger partial charge is 0.257 e. The lowest BCUT2D eigenvalue weighted by Crippen LogP contribution is -2.36. The van der Waals surface area contributed by atoms with Crippen molar-refractivity contribution in [3.63, 3.8) is 0 Å². The summed E-state index contributed by atoms with van der Waals surface area (Å²) in [6.45, 7) is 1.51. The van der Waals surface area contributed by atoms with Crippen molar-refractivity contribution >= 4 is 34.4 Å². The first-order valence-corrected chi connectivity index (χ1v) is 9.53. The molecule has 3 rings (SSSR count). The molecule has 0 fully saturated rings. The summed E-state index contributed by atoms with van der Waals surface area (Å²) in [6.07, 6.45) is 0. The van der Waals surface area contributed by atoms with Crippen LogP contribution in [0, 0.1) is 0 Å². The molecule has 0 unspecified atom stereocenters. The zero-order valence-corrected chi connectivity index (χ0v) is 16.7. The largest absolute Gasteiger partial charge is 0.497 e. The van der Waals surface area contributed by atoms with Gasteiger partial charge in [-0.3, -0.25) is 0 Å². The molecule has 0 amide bonds. The number of benzene rings is 1. The molecule has 1 aromatic carbocycles. The van der Waals surface area contributed by atoms with Crippen LogP contribution in [-0.2, 0) is 11.3 Å². The number of methoxy groups -OCH3 is 2. The van der Waals surface area contributed by atoms with Gasteiger partial charge in [0.25, 0.3) is 5.89 Å². The molecule has 0 aliphatic heterocycles. The number of nitrogens with one attached hydrogen (secondary N) is 1. The van der Waals surface area contributed by atoms with Gasteiger partial charge in [-0.15, -0.1) is 21.5 Å². The van der Waals surface area contributed by atoms with Gasteiger partial charge in [0.05, 0.1) is 25.1 Å². The Balaban J connectivity index is 1.67. The van der Waals surface area contributed by atoms with E-state index >= 15 is 0 Å². The number of aromatic nitrogens is 2. The van der Waals surface area contributed by atoms with Gasteiger partial charge in [0.15, 0.2) is 5.11 Å². The Labute approximate surface area is 166 Å². The van der Waals surface area contributed by atoms with E-state index in [-0.39, 0.29) is 0 Å². The monoisotopic (exact) mass is 404 g/mol. The molecule has 2 aromatic heterocycles. The third-order valence-corrected chi connectivity index (χ3v) is 4.94. The number of hydrogen-bond donors (Lipinski definition) is 1. The molecule has 0 atom stereocenters. The summed E-state index contributed by atoms with van der Waals surface area (Å²) in [6, 6.07) is 11.4. The van der Waals surface area contributed by atoms with E-state index < -0.39 is 0 Å². The highest BCUT2D eigenvalue weighted by Gasteiger charge is 2.16.